The lowest BCUT2D eigenvalue weighted by atomic mass is 9.80. The number of carbonyl (C=O) groups is 2. The minimum Gasteiger partial charge on any atom is -0.465 e. The Balaban J connectivity index is 2.56. The van der Waals surface area contributed by atoms with Crippen LogP contribution in [-0.2, 0) is 14.9 Å². The number of rotatable bonds is 3. The number of esters is 1. The smallest absolute Gasteiger partial charge is 0.337 e. The number of methoxy groups -OCH3 is 1. The van der Waals surface area contributed by atoms with Crippen molar-refractivity contribution in [1.82, 2.24) is 0 Å². The first kappa shape index (κ1) is 14.4. The van der Waals surface area contributed by atoms with E-state index < -0.39 is 30.1 Å². The topological polar surface area (TPSA) is 46.6 Å². The maximum Gasteiger partial charge on any atom is 0.337 e. The zero-order valence-electron chi connectivity index (χ0n) is 11.4. The third-order valence-electron chi connectivity index (χ3n) is 3.71. The van der Waals surface area contributed by atoms with Crippen LogP contribution in [0.3, 0.4) is 0 Å². The summed E-state index contributed by atoms with van der Waals surface area (Å²) in [6.45, 7) is 1.48. The number of ether oxygens (including phenoxy) is 1. The fourth-order valence-electron chi connectivity index (χ4n) is 2.62. The van der Waals surface area contributed by atoms with E-state index in [4.69, 9.17) is 0 Å². The van der Waals surface area contributed by atoms with Crippen LogP contribution in [0.15, 0.2) is 18.2 Å². The average molecular weight is 283 g/mol. The van der Waals surface area contributed by atoms with Gasteiger partial charge in [-0.2, -0.15) is 0 Å². The molecule has 1 aliphatic heterocycles. The van der Waals surface area contributed by atoms with E-state index in [1.54, 1.807) is 6.07 Å². The molecule has 0 saturated heterocycles. The van der Waals surface area contributed by atoms with Crippen molar-refractivity contribution >= 4 is 17.6 Å². The summed E-state index contributed by atoms with van der Waals surface area (Å²) in [5, 5.41) is 0. The molecule has 0 aromatic heterocycles. The number of fused-ring (bicyclic) bond motifs is 1. The number of nitrogens with zero attached hydrogens (tertiary/aromatic N) is 1. The van der Waals surface area contributed by atoms with Crippen molar-refractivity contribution in [2.75, 3.05) is 19.1 Å². The Morgan fingerprint density at radius 2 is 2.10 bits per heavy atom. The molecule has 1 heterocycles. The summed E-state index contributed by atoms with van der Waals surface area (Å²) in [4.78, 5) is 25.1. The molecule has 4 nitrogen and oxygen atoms in total. The van der Waals surface area contributed by atoms with Crippen LogP contribution in [0, 0.1) is 0 Å². The fourth-order valence-corrected chi connectivity index (χ4v) is 2.62. The van der Waals surface area contributed by atoms with Crippen LogP contribution in [0.1, 0.15) is 29.3 Å². The van der Waals surface area contributed by atoms with Gasteiger partial charge >= 0.3 is 5.97 Å². The lowest BCUT2D eigenvalue weighted by molar-refractivity contribution is -0.123. The van der Waals surface area contributed by atoms with Gasteiger partial charge in [0, 0.05) is 19.2 Å². The van der Waals surface area contributed by atoms with E-state index in [1.807, 2.05) is 0 Å². The number of benzene rings is 1. The van der Waals surface area contributed by atoms with E-state index >= 15 is 0 Å². The molecule has 0 spiro atoms. The molecule has 1 unspecified atom stereocenters. The van der Waals surface area contributed by atoms with Crippen LogP contribution in [0.25, 0.3) is 0 Å². The van der Waals surface area contributed by atoms with Gasteiger partial charge in [0.15, 0.2) is 0 Å². The van der Waals surface area contributed by atoms with E-state index in [0.29, 0.717) is 11.3 Å². The Bertz CT molecular complexity index is 574. The van der Waals surface area contributed by atoms with Crippen LogP contribution >= 0.6 is 0 Å². The largest absolute Gasteiger partial charge is 0.465 e. The summed E-state index contributed by atoms with van der Waals surface area (Å²) >= 11 is 0. The monoisotopic (exact) mass is 283 g/mol. The number of alkyl halides is 2. The highest BCUT2D eigenvalue weighted by atomic mass is 19.3. The first-order chi connectivity index (χ1) is 9.31. The Morgan fingerprint density at radius 1 is 1.45 bits per heavy atom. The third kappa shape index (κ3) is 2.05. The Hall–Kier alpha value is -1.98. The summed E-state index contributed by atoms with van der Waals surface area (Å²) in [7, 11) is 2.78. The molecule has 108 valence electrons. The highest BCUT2D eigenvalue weighted by Crippen LogP contribution is 2.44. The molecular weight excluding hydrogens is 268 g/mol. The Morgan fingerprint density at radius 3 is 2.65 bits per heavy atom. The van der Waals surface area contributed by atoms with Crippen LogP contribution < -0.4 is 4.90 Å². The van der Waals surface area contributed by atoms with E-state index in [0.717, 1.165) is 0 Å². The molecule has 0 aliphatic carbocycles. The van der Waals surface area contributed by atoms with Crippen molar-refractivity contribution in [2.45, 2.75) is 25.2 Å². The van der Waals surface area contributed by atoms with Gasteiger partial charge in [-0.1, -0.05) is 0 Å². The number of amides is 1. The van der Waals surface area contributed by atoms with Crippen molar-refractivity contribution in [3.8, 4) is 0 Å². The van der Waals surface area contributed by atoms with Gasteiger partial charge in [0.2, 0.25) is 12.3 Å². The highest BCUT2D eigenvalue weighted by Gasteiger charge is 2.47. The minimum atomic E-state index is -2.61. The summed E-state index contributed by atoms with van der Waals surface area (Å²) in [6.07, 6.45) is -3.18. The minimum absolute atomic E-state index is 0.245. The standard InChI is InChI=1S/C14H15F2NO3/c1-14(7-11(15)16)9-6-8(12(18)20-3)4-5-10(9)17(2)13(14)19/h4-6,11H,7H2,1-3H3. The van der Waals surface area contributed by atoms with E-state index in [-0.39, 0.29) is 5.56 Å². The fraction of sp³-hybridized carbons (Fsp3) is 0.429. The molecule has 0 fully saturated rings. The number of likely N-dealkylation sites (N-methyl/N-ethyl adjacent to an activating group) is 1. The third-order valence-corrected chi connectivity index (χ3v) is 3.71. The first-order valence-corrected chi connectivity index (χ1v) is 6.10. The van der Waals surface area contributed by atoms with Crippen LogP contribution in [0.2, 0.25) is 0 Å². The lowest BCUT2D eigenvalue weighted by Gasteiger charge is -2.22. The number of carbonyl (C=O) groups excluding carboxylic acids is 2. The molecular formula is C14H15F2NO3. The Labute approximate surface area is 115 Å². The van der Waals surface area contributed by atoms with Crippen LogP contribution in [0.4, 0.5) is 14.5 Å². The average Bonchev–Trinajstić information content (AvgIpc) is 2.59. The molecule has 0 bridgehead atoms. The molecule has 1 aromatic carbocycles. The molecule has 6 heteroatoms. The molecule has 0 radical (unpaired) electrons. The number of hydrogen-bond acceptors (Lipinski definition) is 3. The molecule has 0 saturated carbocycles. The molecule has 1 aliphatic rings. The summed E-state index contributed by atoms with van der Waals surface area (Å²) in [5.41, 5.74) is -0.0868. The van der Waals surface area contributed by atoms with Gasteiger partial charge in [-0.25, -0.2) is 13.6 Å². The molecule has 1 atom stereocenters. The van der Waals surface area contributed by atoms with Crippen molar-refractivity contribution in [3.63, 3.8) is 0 Å². The van der Waals surface area contributed by atoms with Gasteiger partial charge in [-0.3, -0.25) is 4.79 Å². The van der Waals surface area contributed by atoms with Gasteiger partial charge in [0.25, 0.3) is 0 Å². The number of anilines is 1. The van der Waals surface area contributed by atoms with Gasteiger partial charge in [-0.15, -0.1) is 0 Å². The van der Waals surface area contributed by atoms with Gasteiger partial charge in [-0.05, 0) is 30.7 Å². The quantitative estimate of drug-likeness (QED) is 0.800. The van der Waals surface area contributed by atoms with Gasteiger partial charge < -0.3 is 9.64 Å². The molecule has 2 rings (SSSR count). The Kier molecular flexibility index (Phi) is 3.50. The van der Waals surface area contributed by atoms with E-state index in [1.165, 1.54) is 38.1 Å². The summed E-state index contributed by atoms with van der Waals surface area (Å²) in [6, 6.07) is 4.56. The van der Waals surface area contributed by atoms with Crippen molar-refractivity contribution in [3.05, 3.63) is 29.3 Å². The zero-order chi connectivity index (χ0) is 15.1. The van der Waals surface area contributed by atoms with Crippen molar-refractivity contribution in [1.29, 1.82) is 0 Å². The lowest BCUT2D eigenvalue weighted by Crippen LogP contribution is -2.37. The second kappa shape index (κ2) is 4.85. The highest BCUT2D eigenvalue weighted by molar-refractivity contribution is 6.08. The molecule has 0 N–H and O–H groups in total. The van der Waals surface area contributed by atoms with Crippen molar-refractivity contribution < 1.29 is 23.1 Å². The molecule has 1 amide bonds. The molecule has 1 aromatic rings. The van der Waals surface area contributed by atoms with E-state index in [2.05, 4.69) is 4.74 Å². The van der Waals surface area contributed by atoms with Crippen LogP contribution in [-0.4, -0.2) is 32.5 Å². The second-order valence-electron chi connectivity index (χ2n) is 5.01. The predicted octanol–water partition coefficient (Wildman–Crippen LogP) is 2.36. The summed E-state index contributed by atoms with van der Waals surface area (Å²) < 4.78 is 30.2. The summed E-state index contributed by atoms with van der Waals surface area (Å²) in [5.74, 6) is -0.955. The van der Waals surface area contributed by atoms with Crippen LogP contribution in [0.5, 0.6) is 0 Å². The molecule has 20 heavy (non-hydrogen) atoms. The van der Waals surface area contributed by atoms with Gasteiger partial charge in [0.1, 0.15) is 0 Å². The normalized spacial score (nSPS) is 21.3. The first-order valence-electron chi connectivity index (χ1n) is 6.10. The number of halogens is 2. The SMILES string of the molecule is COC(=O)c1ccc2c(c1)C(C)(CC(F)F)C(=O)N2C. The van der Waals surface area contributed by atoms with E-state index in [9.17, 15) is 18.4 Å². The maximum absolute atomic E-state index is 12.8. The van der Waals surface area contributed by atoms with Crippen molar-refractivity contribution in [2.24, 2.45) is 0 Å². The predicted molar refractivity (Wildman–Crippen MR) is 69.2 cm³/mol. The zero-order valence-corrected chi connectivity index (χ0v) is 11.4. The van der Waals surface area contributed by atoms with Gasteiger partial charge in [0.05, 0.1) is 18.1 Å². The maximum atomic E-state index is 12.8. The number of hydrogen-bond donors (Lipinski definition) is 0. The second-order valence-corrected chi connectivity index (χ2v) is 5.01.